The number of halogens is 1. The van der Waals surface area contributed by atoms with E-state index < -0.39 is 0 Å². The minimum atomic E-state index is -0.0219. The maximum atomic E-state index is 11.3. The third-order valence-corrected chi connectivity index (χ3v) is 2.85. The molecule has 0 bridgehead atoms. The Bertz CT molecular complexity index is 426. The number of fused-ring (bicyclic) bond motifs is 1. The lowest BCUT2D eigenvalue weighted by molar-refractivity contribution is 0.101. The Balaban J connectivity index is 2.63. The number of hydrogen-bond donors (Lipinski definition) is 0. The van der Waals surface area contributed by atoms with Crippen molar-refractivity contribution in [1.29, 1.82) is 0 Å². The van der Waals surface area contributed by atoms with E-state index in [9.17, 15) is 4.79 Å². The molecule has 1 aromatic rings. The average molecular weight is 227 g/mol. The summed E-state index contributed by atoms with van der Waals surface area (Å²) in [6.45, 7) is 4.29. The molecular formula is C11H11ClO3. The summed E-state index contributed by atoms with van der Waals surface area (Å²) in [6, 6.07) is 1.69. The van der Waals surface area contributed by atoms with E-state index in [1.54, 1.807) is 13.0 Å². The normalized spacial score (nSPS) is 13.8. The predicted octanol–water partition coefficient (Wildman–Crippen LogP) is 2.62. The largest absolute Gasteiger partial charge is 0.486 e. The summed E-state index contributed by atoms with van der Waals surface area (Å²) in [5, 5.41) is 0.470. The Morgan fingerprint density at radius 3 is 2.73 bits per heavy atom. The SMILES string of the molecule is CC(=O)c1cc2c(c(Cl)c1C)OCCO2. The van der Waals surface area contributed by atoms with Crippen molar-refractivity contribution in [3.8, 4) is 11.5 Å². The molecule has 0 fully saturated rings. The first kappa shape index (κ1) is 10.3. The summed E-state index contributed by atoms with van der Waals surface area (Å²) in [5.41, 5.74) is 1.33. The molecule has 0 saturated carbocycles. The van der Waals surface area contributed by atoms with Gasteiger partial charge in [0, 0.05) is 5.56 Å². The third-order valence-electron chi connectivity index (χ3n) is 2.40. The van der Waals surface area contributed by atoms with E-state index >= 15 is 0 Å². The van der Waals surface area contributed by atoms with Gasteiger partial charge in [0.2, 0.25) is 0 Å². The molecule has 4 heteroatoms. The van der Waals surface area contributed by atoms with Gasteiger partial charge in [-0.25, -0.2) is 0 Å². The van der Waals surface area contributed by atoms with E-state index in [0.29, 0.717) is 35.3 Å². The highest BCUT2D eigenvalue weighted by atomic mass is 35.5. The first-order valence-corrected chi connectivity index (χ1v) is 5.08. The molecule has 0 unspecified atom stereocenters. The van der Waals surface area contributed by atoms with E-state index in [1.807, 2.05) is 0 Å². The quantitative estimate of drug-likeness (QED) is 0.691. The summed E-state index contributed by atoms with van der Waals surface area (Å²) in [4.78, 5) is 11.3. The van der Waals surface area contributed by atoms with Gasteiger partial charge in [0.25, 0.3) is 0 Å². The number of ketones is 1. The zero-order chi connectivity index (χ0) is 11.0. The van der Waals surface area contributed by atoms with Gasteiger partial charge in [0.05, 0.1) is 5.02 Å². The lowest BCUT2D eigenvalue weighted by Gasteiger charge is -2.21. The highest BCUT2D eigenvalue weighted by Crippen LogP contribution is 2.41. The first-order valence-electron chi connectivity index (χ1n) is 4.71. The second kappa shape index (κ2) is 3.74. The summed E-state index contributed by atoms with van der Waals surface area (Å²) < 4.78 is 10.8. The number of rotatable bonds is 1. The Morgan fingerprint density at radius 1 is 1.40 bits per heavy atom. The molecule has 0 amide bonds. The van der Waals surface area contributed by atoms with Crippen LogP contribution >= 0.6 is 11.6 Å². The maximum Gasteiger partial charge on any atom is 0.180 e. The average Bonchev–Trinajstić information content (AvgIpc) is 2.23. The van der Waals surface area contributed by atoms with Crippen LogP contribution in [0, 0.1) is 6.92 Å². The van der Waals surface area contributed by atoms with Gasteiger partial charge in [0.15, 0.2) is 17.3 Å². The van der Waals surface area contributed by atoms with Crippen molar-refractivity contribution in [3.05, 3.63) is 22.2 Å². The van der Waals surface area contributed by atoms with Gasteiger partial charge in [-0.2, -0.15) is 0 Å². The minimum Gasteiger partial charge on any atom is -0.486 e. The minimum absolute atomic E-state index is 0.0219. The van der Waals surface area contributed by atoms with Crippen LogP contribution in [0.4, 0.5) is 0 Å². The van der Waals surface area contributed by atoms with Crippen LogP contribution in [0.3, 0.4) is 0 Å². The fraction of sp³-hybridized carbons (Fsp3) is 0.364. The van der Waals surface area contributed by atoms with Crippen molar-refractivity contribution in [2.24, 2.45) is 0 Å². The molecule has 1 aromatic carbocycles. The molecule has 0 aromatic heterocycles. The number of ether oxygens (including phenoxy) is 2. The van der Waals surface area contributed by atoms with Gasteiger partial charge in [-0.3, -0.25) is 4.79 Å². The zero-order valence-electron chi connectivity index (χ0n) is 8.59. The second-order valence-electron chi connectivity index (χ2n) is 3.44. The molecule has 0 aliphatic carbocycles. The van der Waals surface area contributed by atoms with Crippen LogP contribution in [-0.2, 0) is 0 Å². The van der Waals surface area contributed by atoms with Crippen LogP contribution in [0.5, 0.6) is 11.5 Å². The molecule has 3 nitrogen and oxygen atoms in total. The summed E-state index contributed by atoms with van der Waals surface area (Å²) in [6.07, 6.45) is 0. The van der Waals surface area contributed by atoms with Gasteiger partial charge < -0.3 is 9.47 Å². The molecule has 1 aliphatic heterocycles. The monoisotopic (exact) mass is 226 g/mol. The van der Waals surface area contributed by atoms with Crippen LogP contribution in [0.2, 0.25) is 5.02 Å². The standard InChI is InChI=1S/C11H11ClO3/c1-6-8(7(2)13)5-9-11(10(6)12)15-4-3-14-9/h5H,3-4H2,1-2H3. The third kappa shape index (κ3) is 1.67. The van der Waals surface area contributed by atoms with Crippen molar-refractivity contribution >= 4 is 17.4 Å². The maximum absolute atomic E-state index is 11.3. The van der Waals surface area contributed by atoms with Crippen LogP contribution in [0.25, 0.3) is 0 Å². The van der Waals surface area contributed by atoms with E-state index in [0.717, 1.165) is 5.56 Å². The lowest BCUT2D eigenvalue weighted by atomic mass is 10.0. The van der Waals surface area contributed by atoms with Crippen molar-refractivity contribution < 1.29 is 14.3 Å². The fourth-order valence-electron chi connectivity index (χ4n) is 1.60. The molecule has 2 rings (SSSR count). The van der Waals surface area contributed by atoms with Crippen molar-refractivity contribution in [1.82, 2.24) is 0 Å². The molecule has 0 N–H and O–H groups in total. The van der Waals surface area contributed by atoms with E-state index in [1.165, 1.54) is 6.92 Å². The smallest absolute Gasteiger partial charge is 0.180 e. The Hall–Kier alpha value is -1.22. The van der Waals surface area contributed by atoms with E-state index in [4.69, 9.17) is 21.1 Å². The summed E-state index contributed by atoms with van der Waals surface area (Å²) in [5.74, 6) is 1.08. The Morgan fingerprint density at radius 2 is 2.07 bits per heavy atom. The van der Waals surface area contributed by atoms with Crippen molar-refractivity contribution in [2.45, 2.75) is 13.8 Å². The van der Waals surface area contributed by atoms with Crippen LogP contribution in [0.15, 0.2) is 6.07 Å². The fourth-order valence-corrected chi connectivity index (χ4v) is 1.85. The summed E-state index contributed by atoms with van der Waals surface area (Å²) >= 11 is 6.10. The molecule has 80 valence electrons. The molecule has 0 saturated heterocycles. The number of Topliss-reactive ketones (excluding diaryl/α,β-unsaturated/α-hetero) is 1. The highest BCUT2D eigenvalue weighted by molar-refractivity contribution is 6.33. The van der Waals surface area contributed by atoms with Gasteiger partial charge in [0.1, 0.15) is 13.2 Å². The van der Waals surface area contributed by atoms with Crippen molar-refractivity contribution in [3.63, 3.8) is 0 Å². The molecule has 0 atom stereocenters. The topological polar surface area (TPSA) is 35.5 Å². The van der Waals surface area contributed by atoms with Crippen LogP contribution in [-0.4, -0.2) is 19.0 Å². The molecular weight excluding hydrogens is 216 g/mol. The molecule has 0 spiro atoms. The zero-order valence-corrected chi connectivity index (χ0v) is 9.35. The number of carbonyl (C=O) groups excluding carboxylic acids is 1. The number of carbonyl (C=O) groups is 1. The van der Waals surface area contributed by atoms with Gasteiger partial charge in [-0.05, 0) is 25.5 Å². The van der Waals surface area contributed by atoms with Crippen LogP contribution < -0.4 is 9.47 Å². The van der Waals surface area contributed by atoms with E-state index in [2.05, 4.69) is 0 Å². The first-order chi connectivity index (χ1) is 7.11. The number of benzene rings is 1. The number of hydrogen-bond acceptors (Lipinski definition) is 3. The Kier molecular flexibility index (Phi) is 2.57. The van der Waals surface area contributed by atoms with Gasteiger partial charge in [-0.15, -0.1) is 0 Å². The van der Waals surface area contributed by atoms with Crippen LogP contribution in [0.1, 0.15) is 22.8 Å². The molecule has 1 heterocycles. The molecule has 15 heavy (non-hydrogen) atoms. The van der Waals surface area contributed by atoms with Gasteiger partial charge in [-0.1, -0.05) is 11.6 Å². The predicted molar refractivity (Wildman–Crippen MR) is 57.2 cm³/mol. The van der Waals surface area contributed by atoms with Crippen molar-refractivity contribution in [2.75, 3.05) is 13.2 Å². The Labute approximate surface area is 92.9 Å². The lowest BCUT2D eigenvalue weighted by Crippen LogP contribution is -2.16. The second-order valence-corrected chi connectivity index (χ2v) is 3.82. The van der Waals surface area contributed by atoms with E-state index in [-0.39, 0.29) is 5.78 Å². The highest BCUT2D eigenvalue weighted by Gasteiger charge is 2.21. The van der Waals surface area contributed by atoms with Gasteiger partial charge >= 0.3 is 0 Å². The molecule has 1 aliphatic rings. The molecule has 0 radical (unpaired) electrons. The summed E-state index contributed by atoms with van der Waals surface area (Å²) in [7, 11) is 0.